The van der Waals surface area contributed by atoms with Gasteiger partial charge in [0.15, 0.2) is 0 Å². The normalized spacial score (nSPS) is 11.4. The second-order valence-electron chi connectivity index (χ2n) is 7.66. The van der Waals surface area contributed by atoms with Crippen molar-refractivity contribution in [3.8, 4) is 5.75 Å². The number of rotatable bonds is 11. The van der Waals surface area contributed by atoms with Crippen molar-refractivity contribution < 1.29 is 22.3 Å². The van der Waals surface area contributed by atoms with Crippen molar-refractivity contribution >= 4 is 27.3 Å². The van der Waals surface area contributed by atoms with Crippen LogP contribution in [0.4, 0.5) is 4.39 Å². The largest absolute Gasteiger partial charge is 0.497 e. The summed E-state index contributed by atoms with van der Waals surface area (Å²) in [6.07, 6.45) is 1.45. The molecule has 1 aromatic heterocycles. The molecule has 3 aromatic rings. The Morgan fingerprint density at radius 3 is 2.32 bits per heavy atom. The van der Waals surface area contributed by atoms with Crippen LogP contribution in [0.1, 0.15) is 16.0 Å². The van der Waals surface area contributed by atoms with E-state index in [4.69, 9.17) is 4.74 Å². The molecule has 9 heteroatoms. The van der Waals surface area contributed by atoms with E-state index >= 15 is 0 Å². The van der Waals surface area contributed by atoms with Crippen molar-refractivity contribution in [3.05, 3.63) is 94.5 Å². The third kappa shape index (κ3) is 6.31. The molecule has 3 rings (SSSR count). The lowest BCUT2D eigenvalue weighted by molar-refractivity contribution is -0.132. The second kappa shape index (κ2) is 11.4. The van der Waals surface area contributed by atoms with Crippen LogP contribution in [0.3, 0.4) is 0 Å². The first-order valence-electron chi connectivity index (χ1n) is 10.5. The number of methoxy groups -OCH3 is 1. The van der Waals surface area contributed by atoms with Gasteiger partial charge in [-0.1, -0.05) is 18.2 Å². The van der Waals surface area contributed by atoms with Crippen LogP contribution in [-0.4, -0.2) is 43.7 Å². The van der Waals surface area contributed by atoms with Crippen LogP contribution >= 0.6 is 11.3 Å². The third-order valence-corrected chi connectivity index (χ3v) is 8.12. The van der Waals surface area contributed by atoms with Crippen LogP contribution in [0.5, 0.6) is 5.75 Å². The summed E-state index contributed by atoms with van der Waals surface area (Å²) in [7, 11) is -2.46. The Morgan fingerprint density at radius 1 is 1.09 bits per heavy atom. The standard InChI is InChI=1S/C25H27FN2O4S2/c1-4-14-28(34(30,31)23-11-9-22(32-3)10-12-23)18-25(29)27(17-24-19(2)13-15-33-24)16-20-5-7-21(26)8-6-20/h4-13,15H,1,14,16-18H2,2-3H3. The van der Waals surface area contributed by atoms with E-state index in [0.29, 0.717) is 12.3 Å². The minimum Gasteiger partial charge on any atom is -0.497 e. The molecule has 34 heavy (non-hydrogen) atoms. The Kier molecular flexibility index (Phi) is 8.60. The average molecular weight is 503 g/mol. The molecule has 6 nitrogen and oxygen atoms in total. The number of halogens is 1. The molecule has 0 radical (unpaired) electrons. The first-order valence-corrected chi connectivity index (χ1v) is 12.9. The predicted octanol–water partition coefficient (Wildman–Crippen LogP) is 4.61. The molecule has 2 aromatic carbocycles. The zero-order valence-electron chi connectivity index (χ0n) is 19.1. The van der Waals surface area contributed by atoms with E-state index in [-0.39, 0.29) is 36.3 Å². The molecule has 1 amide bonds. The highest BCUT2D eigenvalue weighted by molar-refractivity contribution is 7.89. The molecule has 0 spiro atoms. The summed E-state index contributed by atoms with van der Waals surface area (Å²) in [6.45, 7) is 5.78. The van der Waals surface area contributed by atoms with Gasteiger partial charge in [-0.15, -0.1) is 17.9 Å². The second-order valence-corrected chi connectivity index (χ2v) is 10.6. The van der Waals surface area contributed by atoms with Gasteiger partial charge in [0.05, 0.1) is 25.1 Å². The number of carbonyl (C=O) groups excluding carboxylic acids is 1. The summed E-state index contributed by atoms with van der Waals surface area (Å²) in [6, 6.07) is 13.9. The Morgan fingerprint density at radius 2 is 1.76 bits per heavy atom. The van der Waals surface area contributed by atoms with E-state index in [9.17, 15) is 17.6 Å². The van der Waals surface area contributed by atoms with Crippen molar-refractivity contribution in [2.24, 2.45) is 0 Å². The van der Waals surface area contributed by atoms with Crippen LogP contribution in [0.15, 0.2) is 77.5 Å². The number of ether oxygens (including phenoxy) is 1. The fourth-order valence-electron chi connectivity index (χ4n) is 3.32. The molecule has 0 aliphatic heterocycles. The summed E-state index contributed by atoms with van der Waals surface area (Å²) in [5.74, 6) is -0.198. The lowest BCUT2D eigenvalue weighted by Crippen LogP contribution is -2.42. The van der Waals surface area contributed by atoms with E-state index in [1.165, 1.54) is 48.8 Å². The van der Waals surface area contributed by atoms with Crippen molar-refractivity contribution in [1.82, 2.24) is 9.21 Å². The van der Waals surface area contributed by atoms with Gasteiger partial charge in [0, 0.05) is 18.0 Å². The number of carbonyl (C=O) groups is 1. The topological polar surface area (TPSA) is 66.9 Å². The number of thiophene rings is 1. The molecule has 0 aliphatic rings. The molecule has 0 atom stereocenters. The summed E-state index contributed by atoms with van der Waals surface area (Å²) >= 11 is 1.53. The first-order chi connectivity index (χ1) is 16.2. The number of amides is 1. The summed E-state index contributed by atoms with van der Waals surface area (Å²) in [5.41, 5.74) is 1.80. The van der Waals surface area contributed by atoms with E-state index in [1.54, 1.807) is 29.2 Å². The van der Waals surface area contributed by atoms with Gasteiger partial charge in [0.1, 0.15) is 11.6 Å². The highest BCUT2D eigenvalue weighted by Gasteiger charge is 2.28. The maximum Gasteiger partial charge on any atom is 0.243 e. The monoisotopic (exact) mass is 502 g/mol. The molecule has 180 valence electrons. The van der Waals surface area contributed by atoms with Crippen molar-refractivity contribution in [2.75, 3.05) is 20.2 Å². The van der Waals surface area contributed by atoms with Gasteiger partial charge in [0.25, 0.3) is 0 Å². The summed E-state index contributed by atoms with van der Waals surface area (Å²) in [5, 5.41) is 1.95. The predicted molar refractivity (Wildman–Crippen MR) is 132 cm³/mol. The number of nitrogens with zero attached hydrogens (tertiary/aromatic N) is 2. The van der Waals surface area contributed by atoms with Gasteiger partial charge in [-0.05, 0) is 65.9 Å². The van der Waals surface area contributed by atoms with Gasteiger partial charge >= 0.3 is 0 Å². The van der Waals surface area contributed by atoms with Crippen molar-refractivity contribution in [2.45, 2.75) is 24.9 Å². The SMILES string of the molecule is C=CCN(CC(=O)N(Cc1ccc(F)cc1)Cc1sccc1C)S(=O)(=O)c1ccc(OC)cc1. The molecular weight excluding hydrogens is 475 g/mol. The maximum atomic E-state index is 13.4. The number of hydrogen-bond acceptors (Lipinski definition) is 5. The third-order valence-electron chi connectivity index (χ3n) is 5.28. The van der Waals surface area contributed by atoms with Crippen molar-refractivity contribution in [3.63, 3.8) is 0 Å². The van der Waals surface area contributed by atoms with Gasteiger partial charge in [0.2, 0.25) is 15.9 Å². The molecule has 0 aliphatic carbocycles. The zero-order valence-corrected chi connectivity index (χ0v) is 20.7. The molecule has 0 saturated carbocycles. The highest BCUT2D eigenvalue weighted by atomic mass is 32.2. The fourth-order valence-corrected chi connectivity index (χ4v) is 5.60. The average Bonchev–Trinajstić information content (AvgIpc) is 3.23. The molecule has 1 heterocycles. The minimum absolute atomic E-state index is 0.0253. The number of hydrogen-bond donors (Lipinski definition) is 0. The van der Waals surface area contributed by atoms with Crippen molar-refractivity contribution in [1.29, 1.82) is 0 Å². The number of sulfonamides is 1. The zero-order chi connectivity index (χ0) is 24.7. The summed E-state index contributed by atoms with van der Waals surface area (Å²) < 4.78 is 46.1. The van der Waals surface area contributed by atoms with Crippen LogP contribution in [0.25, 0.3) is 0 Å². The Bertz CT molecular complexity index is 1220. The number of benzene rings is 2. The van der Waals surface area contributed by atoms with Gasteiger partial charge < -0.3 is 9.64 Å². The molecular formula is C25H27FN2O4S2. The Labute approximate surface area is 204 Å². The fraction of sp³-hybridized carbons (Fsp3) is 0.240. The van der Waals surface area contributed by atoms with Crippen LogP contribution < -0.4 is 4.74 Å². The Hall–Kier alpha value is -3.01. The van der Waals surface area contributed by atoms with Crippen LogP contribution in [0, 0.1) is 12.7 Å². The molecule has 0 unspecified atom stereocenters. The smallest absolute Gasteiger partial charge is 0.243 e. The lowest BCUT2D eigenvalue weighted by atomic mass is 10.2. The van der Waals surface area contributed by atoms with E-state index in [0.717, 1.165) is 20.3 Å². The minimum atomic E-state index is -3.95. The Balaban J connectivity index is 1.86. The van der Waals surface area contributed by atoms with Gasteiger partial charge in [-0.25, -0.2) is 12.8 Å². The van der Waals surface area contributed by atoms with Gasteiger partial charge in [-0.2, -0.15) is 4.31 Å². The number of aryl methyl sites for hydroxylation is 1. The molecule has 0 bridgehead atoms. The summed E-state index contributed by atoms with van der Waals surface area (Å²) in [4.78, 5) is 16.1. The maximum absolute atomic E-state index is 13.4. The molecule has 0 fully saturated rings. The first kappa shape index (κ1) is 25.6. The molecule has 0 N–H and O–H groups in total. The van der Waals surface area contributed by atoms with E-state index in [1.807, 2.05) is 18.4 Å². The molecule has 0 saturated heterocycles. The van der Waals surface area contributed by atoms with Gasteiger partial charge in [-0.3, -0.25) is 4.79 Å². The quantitative estimate of drug-likeness (QED) is 0.359. The van der Waals surface area contributed by atoms with E-state index in [2.05, 4.69) is 6.58 Å². The highest BCUT2D eigenvalue weighted by Crippen LogP contribution is 2.22. The van der Waals surface area contributed by atoms with Crippen LogP contribution in [0.2, 0.25) is 0 Å². The van der Waals surface area contributed by atoms with E-state index < -0.39 is 10.0 Å². The lowest BCUT2D eigenvalue weighted by Gasteiger charge is -2.27. The van der Waals surface area contributed by atoms with Crippen LogP contribution in [-0.2, 0) is 27.9 Å².